The molecule has 0 saturated carbocycles. The fourth-order valence-electron chi connectivity index (χ4n) is 2.98. The minimum Gasteiger partial charge on any atom is -0.480 e. The summed E-state index contributed by atoms with van der Waals surface area (Å²) in [5, 5.41) is 12.1. The van der Waals surface area contributed by atoms with Gasteiger partial charge in [-0.1, -0.05) is 0 Å². The van der Waals surface area contributed by atoms with E-state index in [1.165, 1.54) is 0 Å². The molecule has 2 amide bonds. The third kappa shape index (κ3) is 3.24. The summed E-state index contributed by atoms with van der Waals surface area (Å²) in [6.07, 6.45) is 0.630. The van der Waals surface area contributed by atoms with Gasteiger partial charge in [0.15, 0.2) is 0 Å². The average Bonchev–Trinajstić information content (AvgIpc) is 2.82. The molecule has 0 aliphatic carbocycles. The quantitative estimate of drug-likeness (QED) is 0.785. The van der Waals surface area contributed by atoms with Crippen molar-refractivity contribution in [3.05, 3.63) is 0 Å². The molecule has 2 rings (SSSR count). The summed E-state index contributed by atoms with van der Waals surface area (Å²) in [6, 6.07) is 0. The van der Waals surface area contributed by atoms with E-state index in [0.717, 1.165) is 0 Å². The first kappa shape index (κ1) is 16.7. The van der Waals surface area contributed by atoms with E-state index in [2.05, 4.69) is 5.32 Å². The van der Waals surface area contributed by atoms with Gasteiger partial charge in [0.25, 0.3) is 0 Å². The molecule has 2 saturated heterocycles. The first-order chi connectivity index (χ1) is 10.2. The van der Waals surface area contributed by atoms with Gasteiger partial charge in [0, 0.05) is 44.6 Å². The zero-order chi connectivity index (χ0) is 16.5. The number of nitrogens with zero attached hydrogens (tertiary/aromatic N) is 1. The lowest BCUT2D eigenvalue weighted by Crippen LogP contribution is -2.58. The highest BCUT2D eigenvalue weighted by Gasteiger charge is 2.45. The van der Waals surface area contributed by atoms with Gasteiger partial charge in [0.1, 0.15) is 5.54 Å². The van der Waals surface area contributed by atoms with Gasteiger partial charge in [-0.2, -0.15) is 0 Å². The van der Waals surface area contributed by atoms with Crippen molar-refractivity contribution in [1.29, 1.82) is 0 Å². The molecule has 124 valence electrons. The van der Waals surface area contributed by atoms with Crippen LogP contribution in [-0.4, -0.2) is 58.6 Å². The summed E-state index contributed by atoms with van der Waals surface area (Å²) < 4.78 is 5.18. The molecule has 7 nitrogen and oxygen atoms in total. The van der Waals surface area contributed by atoms with E-state index in [0.29, 0.717) is 19.8 Å². The van der Waals surface area contributed by atoms with Crippen molar-refractivity contribution in [2.45, 2.75) is 51.1 Å². The average molecular weight is 312 g/mol. The number of likely N-dealkylation sites (tertiary alicyclic amines) is 1. The standard InChI is InChI=1S/C15H24N2O5/c1-14(2,3)17-9-10(8-11(17)18)12(19)16-15(13(20)21)4-6-22-7-5-15/h10H,4-9H2,1-3H3,(H,16,19)(H,20,21)/t10-/m1/s1. The van der Waals surface area contributed by atoms with Gasteiger partial charge in [-0.15, -0.1) is 0 Å². The molecule has 2 heterocycles. The maximum Gasteiger partial charge on any atom is 0.329 e. The van der Waals surface area contributed by atoms with Crippen LogP contribution in [0.4, 0.5) is 0 Å². The van der Waals surface area contributed by atoms with Gasteiger partial charge in [0.2, 0.25) is 11.8 Å². The summed E-state index contributed by atoms with van der Waals surface area (Å²) >= 11 is 0. The molecule has 0 aromatic carbocycles. The number of hydrogen-bond donors (Lipinski definition) is 2. The molecule has 2 aliphatic rings. The number of aliphatic carboxylic acids is 1. The summed E-state index contributed by atoms with van der Waals surface area (Å²) in [6.45, 7) is 6.71. The van der Waals surface area contributed by atoms with Crippen LogP contribution in [0.2, 0.25) is 0 Å². The second kappa shape index (κ2) is 5.87. The summed E-state index contributed by atoms with van der Waals surface area (Å²) in [7, 11) is 0. The second-order valence-electron chi connectivity index (χ2n) is 7.07. The van der Waals surface area contributed by atoms with Gasteiger partial charge >= 0.3 is 5.97 Å². The fraction of sp³-hybridized carbons (Fsp3) is 0.800. The summed E-state index contributed by atoms with van der Waals surface area (Å²) in [4.78, 5) is 37.7. The Hall–Kier alpha value is -1.63. The number of hydrogen-bond acceptors (Lipinski definition) is 4. The minimum absolute atomic E-state index is 0.0657. The Morgan fingerprint density at radius 3 is 2.36 bits per heavy atom. The lowest BCUT2D eigenvalue weighted by molar-refractivity contribution is -0.152. The van der Waals surface area contributed by atoms with Crippen LogP contribution in [0.5, 0.6) is 0 Å². The predicted molar refractivity (Wildman–Crippen MR) is 78.1 cm³/mol. The Labute approximate surface area is 130 Å². The molecule has 2 fully saturated rings. The van der Waals surface area contributed by atoms with Gasteiger partial charge in [0.05, 0.1) is 5.92 Å². The van der Waals surface area contributed by atoms with E-state index >= 15 is 0 Å². The van der Waals surface area contributed by atoms with Crippen LogP contribution in [0.1, 0.15) is 40.0 Å². The second-order valence-corrected chi connectivity index (χ2v) is 7.07. The SMILES string of the molecule is CC(C)(C)N1C[C@H](C(=O)NC2(C(=O)O)CCOCC2)CC1=O. The number of ether oxygens (including phenoxy) is 1. The van der Waals surface area contributed by atoms with E-state index in [1.807, 2.05) is 20.8 Å². The third-order valence-electron chi connectivity index (χ3n) is 4.42. The van der Waals surface area contributed by atoms with E-state index in [9.17, 15) is 19.5 Å². The maximum absolute atomic E-state index is 12.4. The van der Waals surface area contributed by atoms with Crippen molar-refractivity contribution < 1.29 is 24.2 Å². The highest BCUT2D eigenvalue weighted by atomic mass is 16.5. The predicted octanol–water partition coefficient (Wildman–Crippen LogP) is 0.383. The molecule has 0 bridgehead atoms. The number of nitrogens with one attached hydrogen (secondary N) is 1. The molecular formula is C15H24N2O5. The van der Waals surface area contributed by atoms with Gasteiger partial charge < -0.3 is 20.1 Å². The first-order valence-electron chi connectivity index (χ1n) is 7.59. The van der Waals surface area contributed by atoms with Crippen LogP contribution in [-0.2, 0) is 19.1 Å². The van der Waals surface area contributed by atoms with Crippen molar-refractivity contribution in [2.24, 2.45) is 5.92 Å². The van der Waals surface area contributed by atoms with Crippen LogP contribution in [0.3, 0.4) is 0 Å². The smallest absolute Gasteiger partial charge is 0.329 e. The van der Waals surface area contributed by atoms with Crippen LogP contribution < -0.4 is 5.32 Å². The van der Waals surface area contributed by atoms with Crippen molar-refractivity contribution >= 4 is 17.8 Å². The van der Waals surface area contributed by atoms with Crippen LogP contribution in [0.15, 0.2) is 0 Å². The Bertz CT molecular complexity index is 477. The minimum atomic E-state index is -1.27. The molecule has 0 aromatic rings. The number of carbonyl (C=O) groups excluding carboxylic acids is 2. The highest BCUT2D eigenvalue weighted by molar-refractivity contribution is 5.93. The number of carboxylic acids is 1. The lowest BCUT2D eigenvalue weighted by Gasteiger charge is -2.35. The highest BCUT2D eigenvalue weighted by Crippen LogP contribution is 2.28. The Morgan fingerprint density at radius 2 is 1.91 bits per heavy atom. The Balaban J connectivity index is 2.06. The molecule has 2 N–H and O–H groups in total. The molecule has 0 spiro atoms. The summed E-state index contributed by atoms with van der Waals surface area (Å²) in [5.74, 6) is -1.96. The van der Waals surface area contributed by atoms with Crippen LogP contribution in [0, 0.1) is 5.92 Å². The Morgan fingerprint density at radius 1 is 1.32 bits per heavy atom. The van der Waals surface area contributed by atoms with Gasteiger partial charge in [-0.05, 0) is 20.8 Å². The van der Waals surface area contributed by atoms with Crippen LogP contribution in [0.25, 0.3) is 0 Å². The topological polar surface area (TPSA) is 95.9 Å². The first-order valence-corrected chi connectivity index (χ1v) is 7.59. The molecular weight excluding hydrogens is 288 g/mol. The fourth-order valence-corrected chi connectivity index (χ4v) is 2.98. The molecule has 0 aromatic heterocycles. The van der Waals surface area contributed by atoms with Gasteiger partial charge in [-0.25, -0.2) is 4.79 Å². The van der Waals surface area contributed by atoms with Crippen molar-refractivity contribution in [1.82, 2.24) is 10.2 Å². The molecule has 7 heteroatoms. The van der Waals surface area contributed by atoms with Crippen molar-refractivity contribution in [3.63, 3.8) is 0 Å². The van der Waals surface area contributed by atoms with Crippen molar-refractivity contribution in [3.8, 4) is 0 Å². The maximum atomic E-state index is 12.4. The zero-order valence-corrected chi connectivity index (χ0v) is 13.3. The number of carbonyl (C=O) groups is 3. The monoisotopic (exact) mass is 312 g/mol. The third-order valence-corrected chi connectivity index (χ3v) is 4.42. The lowest BCUT2D eigenvalue weighted by atomic mass is 9.89. The largest absolute Gasteiger partial charge is 0.480 e. The Kier molecular flexibility index (Phi) is 4.47. The van der Waals surface area contributed by atoms with Crippen LogP contribution >= 0.6 is 0 Å². The molecule has 1 atom stereocenters. The number of rotatable bonds is 3. The molecule has 0 radical (unpaired) electrons. The van der Waals surface area contributed by atoms with E-state index in [-0.39, 0.29) is 36.6 Å². The summed E-state index contributed by atoms with van der Waals surface area (Å²) in [5.41, 5.74) is -1.61. The van der Waals surface area contributed by atoms with E-state index < -0.39 is 17.4 Å². The number of carboxylic acid groups (broad SMARTS) is 1. The van der Waals surface area contributed by atoms with Gasteiger partial charge in [-0.3, -0.25) is 9.59 Å². The zero-order valence-electron chi connectivity index (χ0n) is 13.3. The van der Waals surface area contributed by atoms with Crippen molar-refractivity contribution in [2.75, 3.05) is 19.8 Å². The van der Waals surface area contributed by atoms with E-state index in [1.54, 1.807) is 4.90 Å². The normalized spacial score (nSPS) is 25.1. The van der Waals surface area contributed by atoms with E-state index in [4.69, 9.17) is 4.74 Å². The molecule has 22 heavy (non-hydrogen) atoms. The molecule has 0 unspecified atom stereocenters. The number of amides is 2. The molecule has 2 aliphatic heterocycles.